The van der Waals surface area contributed by atoms with Crippen LogP contribution in [0.25, 0.3) is 11.1 Å². The number of hydrogen-bond donors (Lipinski definition) is 5. The molecule has 0 aromatic heterocycles. The van der Waals surface area contributed by atoms with Crippen LogP contribution in [-0.4, -0.2) is 35.0 Å². The van der Waals surface area contributed by atoms with E-state index in [-0.39, 0.29) is 12.4 Å². The molecule has 0 unspecified atom stereocenters. The van der Waals surface area contributed by atoms with E-state index in [4.69, 9.17) is 10.5 Å². The summed E-state index contributed by atoms with van der Waals surface area (Å²) in [4.78, 5) is 0. The fraction of sp³-hybridized carbons (Fsp3) is 0.280. The van der Waals surface area contributed by atoms with Crippen LogP contribution in [0.5, 0.6) is 11.5 Å². The highest BCUT2D eigenvalue weighted by atomic mass is 16.5. The average Bonchev–Trinajstić information content (AvgIpc) is 2.78. The molecule has 1 atom stereocenters. The van der Waals surface area contributed by atoms with E-state index in [1.165, 1.54) is 6.07 Å². The lowest BCUT2D eigenvalue weighted by molar-refractivity contribution is 0.174. The van der Waals surface area contributed by atoms with Crippen molar-refractivity contribution < 1.29 is 20.1 Å². The first-order valence-corrected chi connectivity index (χ1v) is 10.4. The SMILES string of the molecule is CCOc1ccc(-c2ccc(CCNC[C@H](O)c3ccc(O)c(CO)c3)c(N)c2)cc1. The molecule has 6 heteroatoms. The molecule has 164 valence electrons. The van der Waals surface area contributed by atoms with Crippen molar-refractivity contribution in [3.8, 4) is 22.6 Å². The predicted molar refractivity (Wildman–Crippen MR) is 123 cm³/mol. The molecule has 0 saturated carbocycles. The average molecular weight is 423 g/mol. The van der Waals surface area contributed by atoms with Gasteiger partial charge in [0.2, 0.25) is 0 Å². The summed E-state index contributed by atoms with van der Waals surface area (Å²) in [6, 6.07) is 18.8. The molecule has 0 radical (unpaired) electrons. The van der Waals surface area contributed by atoms with Gasteiger partial charge >= 0.3 is 0 Å². The minimum atomic E-state index is -0.731. The Kier molecular flexibility index (Phi) is 7.89. The van der Waals surface area contributed by atoms with Crippen molar-refractivity contribution in [2.45, 2.75) is 26.1 Å². The fourth-order valence-electron chi connectivity index (χ4n) is 3.43. The van der Waals surface area contributed by atoms with Crippen LogP contribution >= 0.6 is 0 Å². The van der Waals surface area contributed by atoms with Crippen LogP contribution in [0, 0.1) is 0 Å². The first-order valence-electron chi connectivity index (χ1n) is 10.4. The van der Waals surface area contributed by atoms with Crippen LogP contribution in [0.1, 0.15) is 29.7 Å². The highest BCUT2D eigenvalue weighted by molar-refractivity contribution is 5.69. The topological polar surface area (TPSA) is 108 Å². The molecule has 3 aromatic rings. The van der Waals surface area contributed by atoms with Crippen LogP contribution in [0.2, 0.25) is 0 Å². The summed E-state index contributed by atoms with van der Waals surface area (Å²) in [6.45, 7) is 3.36. The quantitative estimate of drug-likeness (QED) is 0.253. The summed E-state index contributed by atoms with van der Waals surface area (Å²) < 4.78 is 5.48. The zero-order chi connectivity index (χ0) is 22.2. The van der Waals surface area contributed by atoms with Gasteiger partial charge in [-0.2, -0.15) is 0 Å². The molecule has 3 rings (SSSR count). The van der Waals surface area contributed by atoms with Crippen LogP contribution < -0.4 is 15.8 Å². The van der Waals surface area contributed by atoms with Gasteiger partial charge in [-0.15, -0.1) is 0 Å². The number of ether oxygens (including phenoxy) is 1. The summed E-state index contributed by atoms with van der Waals surface area (Å²) >= 11 is 0. The van der Waals surface area contributed by atoms with Gasteiger partial charge in [0.25, 0.3) is 0 Å². The smallest absolute Gasteiger partial charge is 0.121 e. The molecule has 0 aliphatic heterocycles. The molecule has 6 nitrogen and oxygen atoms in total. The summed E-state index contributed by atoms with van der Waals surface area (Å²) in [5.41, 5.74) is 11.2. The van der Waals surface area contributed by atoms with Crippen LogP contribution in [-0.2, 0) is 13.0 Å². The molecule has 0 saturated heterocycles. The Morgan fingerprint density at radius 2 is 1.71 bits per heavy atom. The third kappa shape index (κ3) is 5.98. The van der Waals surface area contributed by atoms with Gasteiger partial charge < -0.3 is 31.1 Å². The maximum atomic E-state index is 10.3. The molecule has 0 bridgehead atoms. The Hall–Kier alpha value is -3.06. The highest BCUT2D eigenvalue weighted by Gasteiger charge is 2.10. The third-order valence-corrected chi connectivity index (χ3v) is 5.21. The normalized spacial score (nSPS) is 12.0. The van der Waals surface area contributed by atoms with E-state index in [2.05, 4.69) is 11.4 Å². The molecule has 0 amide bonds. The monoisotopic (exact) mass is 422 g/mol. The fourth-order valence-corrected chi connectivity index (χ4v) is 3.43. The number of rotatable bonds is 10. The molecule has 0 aliphatic carbocycles. The van der Waals surface area contributed by atoms with Gasteiger partial charge in [0.05, 0.1) is 19.3 Å². The van der Waals surface area contributed by atoms with Crippen LogP contribution in [0.4, 0.5) is 5.69 Å². The van der Waals surface area contributed by atoms with Gasteiger partial charge in [0.15, 0.2) is 0 Å². The predicted octanol–water partition coefficient (Wildman–Crippen LogP) is 3.40. The lowest BCUT2D eigenvalue weighted by atomic mass is 10.0. The number of hydrogen-bond acceptors (Lipinski definition) is 6. The summed E-state index contributed by atoms with van der Waals surface area (Å²) in [7, 11) is 0. The maximum absolute atomic E-state index is 10.3. The maximum Gasteiger partial charge on any atom is 0.121 e. The second kappa shape index (κ2) is 10.8. The van der Waals surface area contributed by atoms with E-state index in [0.29, 0.717) is 30.8 Å². The van der Waals surface area contributed by atoms with E-state index in [1.54, 1.807) is 12.1 Å². The van der Waals surface area contributed by atoms with Gasteiger partial charge in [-0.25, -0.2) is 0 Å². The van der Waals surface area contributed by atoms with Gasteiger partial charge in [-0.05, 0) is 72.5 Å². The largest absolute Gasteiger partial charge is 0.508 e. The Bertz CT molecular complexity index is 989. The number of aromatic hydroxyl groups is 1. The first kappa shape index (κ1) is 22.6. The van der Waals surface area contributed by atoms with Crippen molar-refractivity contribution in [1.82, 2.24) is 5.32 Å². The molecule has 31 heavy (non-hydrogen) atoms. The van der Waals surface area contributed by atoms with Crippen molar-refractivity contribution in [1.29, 1.82) is 0 Å². The number of nitrogens with one attached hydrogen (secondary N) is 1. The molecule has 0 heterocycles. The first-order chi connectivity index (χ1) is 15.0. The molecule has 0 fully saturated rings. The van der Waals surface area contributed by atoms with E-state index < -0.39 is 6.10 Å². The number of aliphatic hydroxyl groups is 2. The van der Waals surface area contributed by atoms with Crippen molar-refractivity contribution in [3.63, 3.8) is 0 Å². The van der Waals surface area contributed by atoms with Crippen LogP contribution in [0.3, 0.4) is 0 Å². The van der Waals surface area contributed by atoms with E-state index in [1.807, 2.05) is 43.3 Å². The molecule has 0 spiro atoms. The summed E-state index contributed by atoms with van der Waals surface area (Å²) in [5, 5.41) is 32.4. The van der Waals surface area contributed by atoms with Gasteiger partial charge in [-0.3, -0.25) is 0 Å². The molecule has 0 aliphatic rings. The Morgan fingerprint density at radius 3 is 2.39 bits per heavy atom. The van der Waals surface area contributed by atoms with Crippen molar-refractivity contribution >= 4 is 5.69 Å². The molecular weight excluding hydrogens is 392 g/mol. The zero-order valence-corrected chi connectivity index (χ0v) is 17.7. The van der Waals surface area contributed by atoms with E-state index in [9.17, 15) is 15.3 Å². The van der Waals surface area contributed by atoms with Gasteiger partial charge in [0, 0.05) is 17.8 Å². The van der Waals surface area contributed by atoms with Crippen molar-refractivity contribution in [2.24, 2.45) is 0 Å². The standard InChI is InChI=1S/C25H30N2O4/c1-2-31-22-8-5-17(6-9-22)19-4-3-18(23(26)14-19)11-12-27-15-25(30)20-7-10-24(29)21(13-20)16-28/h3-10,13-14,25,27-30H,2,11-12,15-16,26H2,1H3/t25-/m0/s1. The lowest BCUT2D eigenvalue weighted by Crippen LogP contribution is -2.24. The highest BCUT2D eigenvalue weighted by Crippen LogP contribution is 2.26. The second-order valence-corrected chi connectivity index (χ2v) is 7.39. The molecule has 6 N–H and O–H groups in total. The van der Waals surface area contributed by atoms with Gasteiger partial charge in [0.1, 0.15) is 11.5 Å². The van der Waals surface area contributed by atoms with Crippen LogP contribution in [0.15, 0.2) is 60.7 Å². The number of aliphatic hydroxyl groups excluding tert-OH is 2. The minimum Gasteiger partial charge on any atom is -0.508 e. The van der Waals surface area contributed by atoms with Gasteiger partial charge in [-0.1, -0.05) is 30.3 Å². The number of benzene rings is 3. The Morgan fingerprint density at radius 1 is 0.968 bits per heavy atom. The van der Waals surface area contributed by atoms with Crippen molar-refractivity contribution in [3.05, 3.63) is 77.4 Å². The Labute approximate surface area is 182 Å². The number of nitrogens with two attached hydrogens (primary N) is 1. The van der Waals surface area contributed by atoms with E-state index in [0.717, 1.165) is 34.5 Å². The zero-order valence-electron chi connectivity index (χ0n) is 17.7. The third-order valence-electron chi connectivity index (χ3n) is 5.21. The minimum absolute atomic E-state index is 0.0237. The summed E-state index contributed by atoms with van der Waals surface area (Å²) in [5.74, 6) is 0.875. The Balaban J connectivity index is 1.52. The molecular formula is C25H30N2O4. The number of phenols is 1. The summed E-state index contributed by atoms with van der Waals surface area (Å²) in [6.07, 6.45) is 0.00447. The second-order valence-electron chi connectivity index (χ2n) is 7.39. The number of nitrogen functional groups attached to an aromatic ring is 1. The van der Waals surface area contributed by atoms with Crippen molar-refractivity contribution in [2.75, 3.05) is 25.4 Å². The lowest BCUT2D eigenvalue weighted by Gasteiger charge is -2.14. The number of anilines is 1. The molecule has 3 aromatic carbocycles. The van der Waals surface area contributed by atoms with E-state index >= 15 is 0 Å².